The molecule has 0 aliphatic rings. The first-order valence-electron chi connectivity index (χ1n) is 12.7. The van der Waals surface area contributed by atoms with Gasteiger partial charge in [0.25, 0.3) is 5.91 Å². The number of carbonyl (C=O) groups excluding carboxylic acids is 2. The Labute approximate surface area is 241 Å². The van der Waals surface area contributed by atoms with Crippen LogP contribution in [0.25, 0.3) is 0 Å². The summed E-state index contributed by atoms with van der Waals surface area (Å²) in [7, 11) is -0.531. The molecule has 10 heteroatoms. The molecule has 8 nitrogen and oxygen atoms in total. The number of rotatable bonds is 9. The van der Waals surface area contributed by atoms with Crippen LogP contribution in [0.5, 0.6) is 0 Å². The molecule has 3 aromatic rings. The van der Waals surface area contributed by atoms with Crippen LogP contribution in [0, 0.1) is 0 Å². The molecule has 3 rings (SSSR count). The van der Waals surface area contributed by atoms with Gasteiger partial charge in [-0.15, -0.1) is 0 Å². The van der Waals surface area contributed by atoms with E-state index in [0.29, 0.717) is 22.6 Å². The van der Waals surface area contributed by atoms with Crippen molar-refractivity contribution >= 4 is 33.4 Å². The molecule has 0 aromatic heterocycles. The predicted molar refractivity (Wildman–Crippen MR) is 154 cm³/mol. The Bertz CT molecular complexity index is 1430. The Balaban J connectivity index is 1.73. The van der Waals surface area contributed by atoms with Crippen molar-refractivity contribution in [3.8, 4) is 0 Å². The summed E-state index contributed by atoms with van der Waals surface area (Å²) in [6.07, 6.45) is -1.13. The fraction of sp³-hybridized carbons (Fsp3) is 0.333. The molecule has 0 aliphatic carbocycles. The van der Waals surface area contributed by atoms with Crippen LogP contribution in [0.15, 0.2) is 82.6 Å². The van der Waals surface area contributed by atoms with Crippen LogP contribution >= 0.6 is 11.6 Å². The van der Waals surface area contributed by atoms with Crippen LogP contribution < -0.4 is 0 Å². The minimum atomic E-state index is -3.79. The van der Waals surface area contributed by atoms with Crippen LogP contribution in [-0.4, -0.2) is 68.1 Å². The van der Waals surface area contributed by atoms with Crippen molar-refractivity contribution in [1.29, 1.82) is 0 Å². The van der Waals surface area contributed by atoms with E-state index in [-0.39, 0.29) is 28.8 Å². The zero-order valence-electron chi connectivity index (χ0n) is 23.3. The number of sulfone groups is 1. The van der Waals surface area contributed by atoms with Gasteiger partial charge in [-0.05, 0) is 86.8 Å². The number of aliphatic hydroxyl groups is 1. The number of carbonyl (C=O) groups is 2. The Kier molecular flexibility index (Phi) is 10.00. The highest BCUT2D eigenvalue weighted by Gasteiger charge is 2.25. The van der Waals surface area contributed by atoms with Gasteiger partial charge in [-0.1, -0.05) is 35.9 Å². The smallest absolute Gasteiger partial charge is 0.410 e. The van der Waals surface area contributed by atoms with E-state index in [1.165, 1.54) is 46.2 Å². The maximum Gasteiger partial charge on any atom is 0.410 e. The van der Waals surface area contributed by atoms with Gasteiger partial charge in [-0.25, -0.2) is 13.2 Å². The van der Waals surface area contributed by atoms with E-state index in [2.05, 4.69) is 0 Å². The zero-order valence-corrected chi connectivity index (χ0v) is 24.9. The third-order valence-electron chi connectivity index (χ3n) is 6.00. The predicted octanol–water partition coefficient (Wildman–Crippen LogP) is 5.39. The molecule has 2 amide bonds. The molecule has 0 radical (unpaired) electrons. The molecular weight excluding hydrogens is 552 g/mol. The van der Waals surface area contributed by atoms with Crippen LogP contribution in [0.3, 0.4) is 0 Å². The summed E-state index contributed by atoms with van der Waals surface area (Å²) < 4.78 is 31.8. The molecule has 0 saturated carbocycles. The average molecular weight is 587 g/mol. The second-order valence-corrected chi connectivity index (χ2v) is 13.0. The van der Waals surface area contributed by atoms with Gasteiger partial charge in [-0.2, -0.15) is 0 Å². The minimum absolute atomic E-state index is 0.00591. The van der Waals surface area contributed by atoms with Crippen LogP contribution in [-0.2, 0) is 21.0 Å². The number of nitrogens with zero attached hydrogens (tertiary/aromatic N) is 2. The Morgan fingerprint density at radius 1 is 0.950 bits per heavy atom. The van der Waals surface area contributed by atoms with Crippen molar-refractivity contribution in [3.05, 3.63) is 94.5 Å². The maximum atomic E-state index is 13.1. The van der Waals surface area contributed by atoms with E-state index < -0.39 is 27.6 Å². The average Bonchev–Trinajstić information content (AvgIpc) is 2.89. The Morgan fingerprint density at radius 2 is 1.52 bits per heavy atom. The molecule has 0 aliphatic heterocycles. The lowest BCUT2D eigenvalue weighted by Gasteiger charge is -2.29. The van der Waals surface area contributed by atoms with E-state index >= 15 is 0 Å². The molecule has 1 N–H and O–H groups in total. The number of amides is 2. The molecular formula is C30H35ClN2O6S. The summed E-state index contributed by atoms with van der Waals surface area (Å²) in [5.41, 5.74) is 1.06. The number of hydrogen-bond donors (Lipinski definition) is 1. The van der Waals surface area contributed by atoms with E-state index in [1.54, 1.807) is 71.3 Å². The third-order valence-corrected chi connectivity index (χ3v) is 8.02. The number of benzene rings is 3. The number of aliphatic hydroxyl groups excluding tert-OH is 1. The largest absolute Gasteiger partial charge is 0.444 e. The van der Waals surface area contributed by atoms with Crippen LogP contribution in [0.2, 0.25) is 5.02 Å². The summed E-state index contributed by atoms with van der Waals surface area (Å²) >= 11 is 6.06. The van der Waals surface area contributed by atoms with Gasteiger partial charge in [0.1, 0.15) is 5.60 Å². The van der Waals surface area contributed by atoms with Crippen molar-refractivity contribution in [3.63, 3.8) is 0 Å². The first-order chi connectivity index (χ1) is 18.7. The van der Waals surface area contributed by atoms with E-state index in [4.69, 9.17) is 16.3 Å². The molecule has 214 valence electrons. The first kappa shape index (κ1) is 31.1. The molecule has 0 fully saturated rings. The highest BCUT2D eigenvalue weighted by atomic mass is 35.5. The van der Waals surface area contributed by atoms with Crippen molar-refractivity contribution < 1.29 is 27.9 Å². The van der Waals surface area contributed by atoms with Crippen molar-refractivity contribution in [2.75, 3.05) is 27.2 Å². The van der Waals surface area contributed by atoms with Gasteiger partial charge in [0.2, 0.25) is 9.84 Å². The fourth-order valence-corrected chi connectivity index (χ4v) is 5.34. The summed E-state index contributed by atoms with van der Waals surface area (Å²) in [5.74, 6) is -0.214. The van der Waals surface area contributed by atoms with Gasteiger partial charge in [0, 0.05) is 31.2 Å². The SMILES string of the molecule is CN(C)C(=O)c1ccc(S(=O)(=O)c2ccc(CCN(C[C@H](O)c3cccc(Cl)c3)C(=O)OC(C)(C)C)cc2)cc1. The van der Waals surface area contributed by atoms with E-state index in [0.717, 1.165) is 5.56 Å². The van der Waals surface area contributed by atoms with Crippen molar-refractivity contribution in [2.24, 2.45) is 0 Å². The topological polar surface area (TPSA) is 104 Å². The molecule has 3 aromatic carbocycles. The molecule has 0 unspecified atom stereocenters. The van der Waals surface area contributed by atoms with Gasteiger partial charge in [0.15, 0.2) is 0 Å². The van der Waals surface area contributed by atoms with Gasteiger partial charge in [0.05, 0.1) is 22.4 Å². The lowest BCUT2D eigenvalue weighted by molar-refractivity contribution is 0.0147. The Morgan fingerprint density at radius 3 is 2.05 bits per heavy atom. The molecule has 0 saturated heterocycles. The molecule has 0 bridgehead atoms. The number of hydrogen-bond acceptors (Lipinski definition) is 6. The molecule has 40 heavy (non-hydrogen) atoms. The summed E-state index contributed by atoms with van der Waals surface area (Å²) in [4.78, 5) is 28.1. The monoisotopic (exact) mass is 586 g/mol. The highest BCUT2D eigenvalue weighted by molar-refractivity contribution is 7.91. The van der Waals surface area contributed by atoms with Crippen LogP contribution in [0.4, 0.5) is 4.79 Å². The normalized spacial score (nSPS) is 12.5. The second kappa shape index (κ2) is 12.8. The van der Waals surface area contributed by atoms with E-state index in [9.17, 15) is 23.1 Å². The standard InChI is InChI=1S/C30H35ClN2O6S/c1-30(2,3)39-29(36)33(20-27(34)23-7-6-8-24(31)19-23)18-17-21-9-13-25(14-10-21)40(37,38)26-15-11-22(12-16-26)28(35)32(4)5/h6-16,19,27,34H,17-18,20H2,1-5H3/t27-/m0/s1. The van der Waals surface area contributed by atoms with Crippen LogP contribution in [0.1, 0.15) is 48.4 Å². The fourth-order valence-electron chi connectivity index (χ4n) is 3.88. The Hall–Kier alpha value is -3.40. The van der Waals surface area contributed by atoms with E-state index in [1.807, 2.05) is 0 Å². The summed E-state index contributed by atoms with van der Waals surface area (Å²) in [5, 5.41) is 11.3. The minimum Gasteiger partial charge on any atom is -0.444 e. The van der Waals surface area contributed by atoms with Gasteiger partial charge in [-0.3, -0.25) is 4.79 Å². The maximum absolute atomic E-state index is 13.1. The molecule has 0 heterocycles. The highest BCUT2D eigenvalue weighted by Crippen LogP contribution is 2.23. The lowest BCUT2D eigenvalue weighted by Crippen LogP contribution is -2.40. The van der Waals surface area contributed by atoms with Gasteiger partial charge >= 0.3 is 6.09 Å². The summed E-state index contributed by atoms with van der Waals surface area (Å²) in [6, 6.07) is 19.1. The second-order valence-electron chi connectivity index (χ2n) is 10.6. The number of ether oxygens (including phenoxy) is 1. The lowest BCUT2D eigenvalue weighted by atomic mass is 10.1. The quantitative estimate of drug-likeness (QED) is 0.361. The molecule has 1 atom stereocenters. The first-order valence-corrected chi connectivity index (χ1v) is 14.6. The van der Waals surface area contributed by atoms with Crippen molar-refractivity contribution in [1.82, 2.24) is 9.80 Å². The third kappa shape index (κ3) is 8.30. The zero-order chi connectivity index (χ0) is 29.7. The number of halogens is 1. The summed E-state index contributed by atoms with van der Waals surface area (Å²) in [6.45, 7) is 5.53. The van der Waals surface area contributed by atoms with Gasteiger partial charge < -0.3 is 19.6 Å². The van der Waals surface area contributed by atoms with Crippen molar-refractivity contribution in [2.45, 2.75) is 48.7 Å². The molecule has 0 spiro atoms.